The van der Waals surface area contributed by atoms with E-state index in [1.54, 1.807) is 0 Å². The molecule has 2 heteroatoms. The highest BCUT2D eigenvalue weighted by atomic mass is 16.5. The summed E-state index contributed by atoms with van der Waals surface area (Å²) in [5.74, 6) is 0.826. The molecule has 0 bridgehead atoms. The number of hydrogen-bond acceptors (Lipinski definition) is 1. The van der Waals surface area contributed by atoms with Crippen LogP contribution in [0.25, 0.3) is 0 Å². The predicted octanol–water partition coefficient (Wildman–Crippen LogP) is 2.61. The van der Waals surface area contributed by atoms with Crippen molar-refractivity contribution in [1.82, 2.24) is 0 Å². The van der Waals surface area contributed by atoms with Crippen LogP contribution in [0.3, 0.4) is 0 Å². The first-order chi connectivity index (χ1) is 6.84. The number of benzene rings is 1. The van der Waals surface area contributed by atoms with Crippen molar-refractivity contribution >= 4 is 0 Å². The van der Waals surface area contributed by atoms with E-state index in [-0.39, 0.29) is 6.10 Å². The first kappa shape index (κ1) is 9.53. The summed E-state index contributed by atoms with van der Waals surface area (Å²) in [5, 5.41) is 11.3. The molecular weight excluding hydrogens is 176 g/mol. The first-order valence-electron chi connectivity index (χ1n) is 5.13. The molecule has 2 nitrogen and oxygen atoms in total. The number of ether oxygens (including phenoxy) is 1. The molecule has 0 spiro atoms. The van der Waals surface area contributed by atoms with Crippen LogP contribution in [0.1, 0.15) is 25.7 Å². The third kappa shape index (κ3) is 2.48. The molecule has 1 saturated carbocycles. The van der Waals surface area contributed by atoms with E-state index in [0.29, 0.717) is 6.42 Å². The Morgan fingerprint density at radius 2 is 2.36 bits per heavy atom. The molecule has 1 aromatic rings. The Labute approximate surface area is 84.5 Å². The molecule has 2 radical (unpaired) electrons. The zero-order valence-corrected chi connectivity index (χ0v) is 8.11. The molecule has 0 aromatic heterocycles. The van der Waals surface area contributed by atoms with Gasteiger partial charge in [0.15, 0.2) is 0 Å². The Kier molecular flexibility index (Phi) is 3.04. The summed E-state index contributed by atoms with van der Waals surface area (Å²) in [4.78, 5) is 0. The fourth-order valence-corrected chi connectivity index (χ4v) is 1.85. The molecule has 0 heterocycles. The van der Waals surface area contributed by atoms with Gasteiger partial charge in [-0.2, -0.15) is 0 Å². The Balaban J connectivity index is 1.91. The second kappa shape index (κ2) is 4.47. The van der Waals surface area contributed by atoms with E-state index in [4.69, 9.17) is 4.74 Å². The molecule has 1 aliphatic rings. The Bertz CT molecular complexity index is 271. The van der Waals surface area contributed by atoms with Gasteiger partial charge in [-0.15, -0.1) is 0 Å². The second-order valence-corrected chi connectivity index (χ2v) is 3.77. The summed E-state index contributed by atoms with van der Waals surface area (Å²) in [5.41, 5.74) is 0. The minimum Gasteiger partial charge on any atom is -0.490 e. The van der Waals surface area contributed by atoms with Gasteiger partial charge in [0.2, 0.25) is 0 Å². The third-order valence-corrected chi connectivity index (χ3v) is 2.56. The van der Waals surface area contributed by atoms with E-state index in [1.807, 2.05) is 24.3 Å². The van der Waals surface area contributed by atoms with E-state index in [0.717, 1.165) is 25.0 Å². The summed E-state index contributed by atoms with van der Waals surface area (Å²) in [6, 6.07) is 10.4. The minimum absolute atomic E-state index is 0.113. The van der Waals surface area contributed by atoms with Gasteiger partial charge in [0.25, 0.3) is 0 Å². The zero-order valence-electron chi connectivity index (χ0n) is 8.11. The zero-order chi connectivity index (χ0) is 9.80. The molecule has 2 unspecified atom stereocenters. The Morgan fingerprint density at radius 3 is 3.07 bits per heavy atom. The number of rotatable bonds is 2. The summed E-state index contributed by atoms with van der Waals surface area (Å²) in [6.07, 6.45) is 3.14. The molecule has 2 rings (SSSR count). The quantitative estimate of drug-likeness (QED) is 0.704. The van der Waals surface area contributed by atoms with Crippen LogP contribution in [-0.4, -0.2) is 12.2 Å². The third-order valence-electron chi connectivity index (χ3n) is 2.56. The molecule has 1 aromatic carbocycles. The van der Waals surface area contributed by atoms with Crippen molar-refractivity contribution in [1.29, 1.82) is 0 Å². The minimum atomic E-state index is -0.429. The molecule has 0 saturated heterocycles. The Hall–Kier alpha value is -1.02. The normalized spacial score (nSPS) is 27.2. The van der Waals surface area contributed by atoms with Crippen LogP contribution in [0.15, 0.2) is 24.3 Å². The van der Waals surface area contributed by atoms with Gasteiger partial charge in [0.1, 0.15) is 11.9 Å². The van der Waals surface area contributed by atoms with Gasteiger partial charge in [-0.3, -0.25) is 0 Å². The SMILES string of the molecule is [O]C1CCCC(Oc2c[c]ccc2)C1. The largest absolute Gasteiger partial charge is 0.490 e. The van der Waals surface area contributed by atoms with Gasteiger partial charge in [-0.1, -0.05) is 12.1 Å². The molecule has 0 aliphatic heterocycles. The fourth-order valence-electron chi connectivity index (χ4n) is 1.85. The fraction of sp³-hybridized carbons (Fsp3) is 0.500. The topological polar surface area (TPSA) is 29.1 Å². The van der Waals surface area contributed by atoms with Crippen molar-refractivity contribution in [2.75, 3.05) is 0 Å². The van der Waals surface area contributed by atoms with E-state index in [2.05, 4.69) is 6.07 Å². The standard InChI is InChI=1S/C12H14O2/c13-10-5-4-8-12(9-10)14-11-6-2-1-3-7-11/h1-2,6-7,10,12H,4-5,8-9H2. The van der Waals surface area contributed by atoms with Crippen molar-refractivity contribution in [2.45, 2.75) is 37.9 Å². The van der Waals surface area contributed by atoms with E-state index < -0.39 is 6.10 Å². The van der Waals surface area contributed by atoms with Crippen LogP contribution in [0, 0.1) is 6.07 Å². The average Bonchev–Trinajstić information content (AvgIpc) is 2.19. The molecule has 74 valence electrons. The van der Waals surface area contributed by atoms with Crippen molar-refractivity contribution in [2.24, 2.45) is 0 Å². The van der Waals surface area contributed by atoms with Gasteiger partial charge in [0, 0.05) is 6.42 Å². The summed E-state index contributed by atoms with van der Waals surface area (Å²) >= 11 is 0. The molecule has 2 atom stereocenters. The average molecular weight is 190 g/mol. The molecule has 1 fully saturated rings. The van der Waals surface area contributed by atoms with Crippen molar-refractivity contribution in [3.05, 3.63) is 30.3 Å². The van der Waals surface area contributed by atoms with Gasteiger partial charge in [0.05, 0.1) is 6.10 Å². The van der Waals surface area contributed by atoms with Crippen LogP contribution < -0.4 is 4.74 Å². The van der Waals surface area contributed by atoms with Crippen molar-refractivity contribution in [3.8, 4) is 5.75 Å². The molecular formula is C12H14O2. The highest BCUT2D eigenvalue weighted by molar-refractivity contribution is 5.20. The van der Waals surface area contributed by atoms with Crippen LogP contribution in [0.5, 0.6) is 5.75 Å². The van der Waals surface area contributed by atoms with E-state index in [1.165, 1.54) is 0 Å². The lowest BCUT2D eigenvalue weighted by Gasteiger charge is -2.25. The van der Waals surface area contributed by atoms with Crippen LogP contribution in [0.2, 0.25) is 0 Å². The van der Waals surface area contributed by atoms with Crippen molar-refractivity contribution in [3.63, 3.8) is 0 Å². The number of hydrogen-bond donors (Lipinski definition) is 0. The van der Waals surface area contributed by atoms with E-state index in [9.17, 15) is 5.11 Å². The van der Waals surface area contributed by atoms with Crippen molar-refractivity contribution < 1.29 is 9.84 Å². The summed E-state index contributed by atoms with van der Waals surface area (Å²) in [6.45, 7) is 0. The molecule has 0 amide bonds. The lowest BCUT2D eigenvalue weighted by atomic mass is 9.95. The Morgan fingerprint density at radius 1 is 1.43 bits per heavy atom. The predicted molar refractivity (Wildman–Crippen MR) is 52.6 cm³/mol. The smallest absolute Gasteiger partial charge is 0.120 e. The summed E-state index contributed by atoms with van der Waals surface area (Å²) < 4.78 is 5.69. The highest BCUT2D eigenvalue weighted by Gasteiger charge is 2.22. The van der Waals surface area contributed by atoms with Gasteiger partial charge < -0.3 is 4.74 Å². The maximum atomic E-state index is 11.3. The molecule has 14 heavy (non-hydrogen) atoms. The summed E-state index contributed by atoms with van der Waals surface area (Å²) in [7, 11) is 0. The first-order valence-corrected chi connectivity index (χ1v) is 5.13. The monoisotopic (exact) mass is 190 g/mol. The molecule has 0 N–H and O–H groups in total. The second-order valence-electron chi connectivity index (χ2n) is 3.77. The van der Waals surface area contributed by atoms with E-state index >= 15 is 0 Å². The van der Waals surface area contributed by atoms with Crippen LogP contribution >= 0.6 is 0 Å². The van der Waals surface area contributed by atoms with Gasteiger partial charge in [-0.05, 0) is 37.5 Å². The van der Waals surface area contributed by atoms with Crippen LogP contribution in [0.4, 0.5) is 0 Å². The maximum absolute atomic E-state index is 11.3. The maximum Gasteiger partial charge on any atom is 0.120 e. The highest BCUT2D eigenvalue weighted by Crippen LogP contribution is 2.23. The lowest BCUT2D eigenvalue weighted by Crippen LogP contribution is -2.27. The lowest BCUT2D eigenvalue weighted by molar-refractivity contribution is 0.00881. The van der Waals surface area contributed by atoms with Crippen LogP contribution in [-0.2, 0) is 5.11 Å². The molecule has 1 aliphatic carbocycles. The van der Waals surface area contributed by atoms with Gasteiger partial charge >= 0.3 is 0 Å². The van der Waals surface area contributed by atoms with Gasteiger partial charge in [-0.25, -0.2) is 5.11 Å².